The van der Waals surface area contributed by atoms with Crippen LogP contribution < -0.4 is 4.74 Å². The molecule has 2 N–H and O–H groups in total. The molecule has 5 nitrogen and oxygen atoms in total. The highest BCUT2D eigenvalue weighted by atomic mass is 16.5. The molecule has 2 fully saturated rings. The number of hydrogen-bond donors (Lipinski definition) is 2. The molecule has 2 bridgehead atoms. The van der Waals surface area contributed by atoms with Gasteiger partial charge in [-0.15, -0.1) is 0 Å². The molecule has 2 heterocycles. The van der Waals surface area contributed by atoms with Gasteiger partial charge in [-0.2, -0.15) is 0 Å². The van der Waals surface area contributed by atoms with Crippen molar-refractivity contribution in [3.8, 4) is 11.5 Å². The second kappa shape index (κ2) is 5.46. The standard InChI is InChI=1S/C17H19NO3.C2H6O/c1-18-7-6-17-10-3-5-13(20)16(17)21-15-12(19)4-2-9(14(15)17)8-11(10)18;1-2-3/h2,4,10-11,16,19H,3,5-8H2,1H3;3H,2H2,1H3/t10-,11+,16-,17-;/m0./s1. The first kappa shape index (κ1) is 15.9. The fraction of sp³-hybridized carbons (Fsp3) is 0.632. The quantitative estimate of drug-likeness (QED) is 0.756. The van der Waals surface area contributed by atoms with Gasteiger partial charge in [0.15, 0.2) is 23.4 Å². The Morgan fingerprint density at radius 1 is 1.42 bits per heavy atom. The van der Waals surface area contributed by atoms with Crippen LogP contribution >= 0.6 is 0 Å². The van der Waals surface area contributed by atoms with Gasteiger partial charge in [0.05, 0.1) is 0 Å². The Bertz CT molecular complexity index is 688. The Kier molecular flexibility index (Phi) is 3.62. The SMILES string of the molecule is CCO.CN1CC[C@]23c4c5ccc(O)c4O[C@H]2C(=O)CC[C@H]3[C@H]1C5. The maximum absolute atomic E-state index is 12.5. The van der Waals surface area contributed by atoms with Crippen LogP contribution in [0.1, 0.15) is 37.3 Å². The molecule has 1 saturated carbocycles. The number of carbonyl (C=O) groups is 1. The second-order valence-electron chi connectivity index (χ2n) is 7.42. The summed E-state index contributed by atoms with van der Waals surface area (Å²) in [6.07, 6.45) is 3.18. The van der Waals surface area contributed by atoms with E-state index < -0.39 is 0 Å². The third-order valence-electron chi connectivity index (χ3n) is 6.39. The predicted octanol–water partition coefficient (Wildman–Crippen LogP) is 1.63. The maximum Gasteiger partial charge on any atom is 0.174 e. The van der Waals surface area contributed by atoms with Gasteiger partial charge in [0, 0.05) is 30.0 Å². The Labute approximate surface area is 142 Å². The molecule has 0 unspecified atom stereocenters. The number of hydrogen-bond acceptors (Lipinski definition) is 5. The van der Waals surface area contributed by atoms with E-state index in [-0.39, 0.29) is 29.7 Å². The highest BCUT2D eigenvalue weighted by Gasteiger charge is 2.65. The fourth-order valence-corrected chi connectivity index (χ4v) is 5.52. The molecule has 1 saturated heterocycles. The van der Waals surface area contributed by atoms with Crippen LogP contribution in [-0.2, 0) is 16.6 Å². The molecular weight excluding hydrogens is 306 g/mol. The molecule has 5 rings (SSSR count). The van der Waals surface area contributed by atoms with Gasteiger partial charge in [0.25, 0.3) is 0 Å². The molecule has 130 valence electrons. The zero-order chi connectivity index (χ0) is 17.1. The number of Topliss-reactive ketones (excluding diaryl/α,β-unsaturated/α-hetero) is 1. The van der Waals surface area contributed by atoms with Crippen LogP contribution in [0.2, 0.25) is 0 Å². The van der Waals surface area contributed by atoms with Gasteiger partial charge < -0.3 is 19.8 Å². The highest BCUT2D eigenvalue weighted by molar-refractivity contribution is 5.89. The topological polar surface area (TPSA) is 70.0 Å². The lowest BCUT2D eigenvalue weighted by atomic mass is 9.52. The second-order valence-corrected chi connectivity index (χ2v) is 7.42. The summed E-state index contributed by atoms with van der Waals surface area (Å²) < 4.78 is 6.04. The van der Waals surface area contributed by atoms with Gasteiger partial charge in [-0.3, -0.25) is 4.79 Å². The Hall–Kier alpha value is -1.59. The number of rotatable bonds is 0. The zero-order valence-electron chi connectivity index (χ0n) is 14.3. The van der Waals surface area contributed by atoms with Crippen molar-refractivity contribution in [2.24, 2.45) is 5.92 Å². The number of likely N-dealkylation sites (N-methyl/N-ethyl adjacent to an activating group) is 1. The van der Waals surface area contributed by atoms with Crippen LogP contribution in [0.15, 0.2) is 12.1 Å². The first-order valence-electron chi connectivity index (χ1n) is 8.90. The molecule has 24 heavy (non-hydrogen) atoms. The summed E-state index contributed by atoms with van der Waals surface area (Å²) in [7, 11) is 2.20. The number of carbonyl (C=O) groups excluding carboxylic acids is 1. The zero-order valence-corrected chi connectivity index (χ0v) is 14.3. The van der Waals surface area contributed by atoms with Crippen molar-refractivity contribution in [2.45, 2.75) is 50.2 Å². The third kappa shape index (κ3) is 1.85. The summed E-state index contributed by atoms with van der Waals surface area (Å²) in [6, 6.07) is 4.26. The van der Waals surface area contributed by atoms with Crippen LogP contribution in [-0.4, -0.2) is 53.2 Å². The minimum absolute atomic E-state index is 0.172. The van der Waals surface area contributed by atoms with E-state index in [0.29, 0.717) is 24.1 Å². The molecule has 1 aromatic carbocycles. The van der Waals surface area contributed by atoms with Crippen molar-refractivity contribution in [1.29, 1.82) is 0 Å². The molecule has 2 aliphatic heterocycles. The molecule has 5 heteroatoms. The van der Waals surface area contributed by atoms with Gasteiger partial charge in [-0.05, 0) is 57.3 Å². The number of aliphatic hydroxyl groups excluding tert-OH is 1. The number of nitrogens with zero attached hydrogens (tertiary/aromatic N) is 1. The van der Waals surface area contributed by atoms with E-state index >= 15 is 0 Å². The molecule has 1 aromatic rings. The van der Waals surface area contributed by atoms with Crippen molar-refractivity contribution in [1.82, 2.24) is 4.90 Å². The van der Waals surface area contributed by atoms with E-state index in [0.717, 1.165) is 31.4 Å². The lowest BCUT2D eigenvalue weighted by Crippen LogP contribution is -2.65. The summed E-state index contributed by atoms with van der Waals surface area (Å²) in [4.78, 5) is 14.9. The Morgan fingerprint density at radius 3 is 2.92 bits per heavy atom. The smallest absolute Gasteiger partial charge is 0.174 e. The third-order valence-corrected chi connectivity index (χ3v) is 6.39. The average Bonchev–Trinajstić information content (AvgIpc) is 2.91. The monoisotopic (exact) mass is 331 g/mol. The average molecular weight is 331 g/mol. The number of piperidine rings is 1. The van der Waals surface area contributed by atoms with E-state index in [1.165, 1.54) is 5.56 Å². The normalized spacial score (nSPS) is 35.6. The number of benzene rings is 1. The van der Waals surface area contributed by atoms with Gasteiger partial charge >= 0.3 is 0 Å². The number of phenolic OH excluding ortho intramolecular Hbond substituents is 1. The highest BCUT2D eigenvalue weighted by Crippen LogP contribution is 2.62. The number of ketones is 1. The molecule has 0 amide bonds. The lowest BCUT2D eigenvalue weighted by Gasteiger charge is -2.57. The van der Waals surface area contributed by atoms with Crippen molar-refractivity contribution >= 4 is 5.78 Å². The Morgan fingerprint density at radius 2 is 2.17 bits per heavy atom. The van der Waals surface area contributed by atoms with Crippen molar-refractivity contribution in [2.75, 3.05) is 20.2 Å². The minimum atomic E-state index is -0.366. The summed E-state index contributed by atoms with van der Waals surface area (Å²) in [5.74, 6) is 1.50. The fourth-order valence-electron chi connectivity index (χ4n) is 5.52. The van der Waals surface area contributed by atoms with E-state index in [1.807, 2.05) is 6.07 Å². The molecule has 2 aliphatic carbocycles. The number of likely N-dealkylation sites (tertiary alicyclic amines) is 1. The predicted molar refractivity (Wildman–Crippen MR) is 89.4 cm³/mol. The van der Waals surface area contributed by atoms with E-state index in [1.54, 1.807) is 13.0 Å². The van der Waals surface area contributed by atoms with E-state index in [9.17, 15) is 9.90 Å². The number of ether oxygens (including phenoxy) is 1. The molecule has 1 spiro atoms. The van der Waals surface area contributed by atoms with E-state index in [4.69, 9.17) is 9.84 Å². The molecular formula is C19H25NO4. The number of phenols is 1. The summed E-state index contributed by atoms with van der Waals surface area (Å²) in [5.41, 5.74) is 2.26. The maximum atomic E-state index is 12.5. The minimum Gasteiger partial charge on any atom is -0.504 e. The largest absolute Gasteiger partial charge is 0.504 e. The molecule has 0 radical (unpaired) electrons. The summed E-state index contributed by atoms with van der Waals surface area (Å²) in [6.45, 7) is 2.93. The van der Waals surface area contributed by atoms with Gasteiger partial charge in [0.1, 0.15) is 0 Å². The van der Waals surface area contributed by atoms with Gasteiger partial charge in [-0.25, -0.2) is 0 Å². The van der Waals surface area contributed by atoms with Crippen LogP contribution in [0.25, 0.3) is 0 Å². The van der Waals surface area contributed by atoms with Gasteiger partial charge in [0.2, 0.25) is 0 Å². The van der Waals surface area contributed by atoms with Crippen LogP contribution in [0, 0.1) is 5.92 Å². The Balaban J connectivity index is 0.000000455. The summed E-state index contributed by atoms with van der Waals surface area (Å²) >= 11 is 0. The summed E-state index contributed by atoms with van der Waals surface area (Å²) in [5, 5.41) is 17.8. The van der Waals surface area contributed by atoms with Crippen LogP contribution in [0.3, 0.4) is 0 Å². The number of aliphatic hydroxyl groups is 1. The van der Waals surface area contributed by atoms with Crippen molar-refractivity contribution in [3.63, 3.8) is 0 Å². The van der Waals surface area contributed by atoms with Gasteiger partial charge in [-0.1, -0.05) is 6.07 Å². The molecule has 4 atom stereocenters. The first-order chi connectivity index (χ1) is 11.5. The van der Waals surface area contributed by atoms with Crippen LogP contribution in [0.4, 0.5) is 0 Å². The number of aromatic hydroxyl groups is 1. The lowest BCUT2D eigenvalue weighted by molar-refractivity contribution is -0.138. The van der Waals surface area contributed by atoms with E-state index in [2.05, 4.69) is 11.9 Å². The van der Waals surface area contributed by atoms with Crippen molar-refractivity contribution < 1.29 is 19.7 Å². The van der Waals surface area contributed by atoms with Crippen molar-refractivity contribution in [3.05, 3.63) is 23.3 Å². The van der Waals surface area contributed by atoms with Crippen LogP contribution in [0.5, 0.6) is 11.5 Å². The first-order valence-corrected chi connectivity index (χ1v) is 8.90. The molecule has 0 aromatic heterocycles. The molecule has 4 aliphatic rings.